The predicted octanol–water partition coefficient (Wildman–Crippen LogP) is 1.43. The fourth-order valence-corrected chi connectivity index (χ4v) is 1.35. The molecule has 0 unspecified atom stereocenters. The van der Waals surface area contributed by atoms with Crippen LogP contribution in [0.25, 0.3) is 0 Å². The molecule has 96 valence electrons. The van der Waals surface area contributed by atoms with Crippen LogP contribution in [0.1, 0.15) is 20.3 Å². The van der Waals surface area contributed by atoms with Gasteiger partial charge in [-0.25, -0.2) is 0 Å². The van der Waals surface area contributed by atoms with E-state index in [9.17, 15) is 26.5 Å². The van der Waals surface area contributed by atoms with E-state index < -0.39 is 26.2 Å². The first-order chi connectivity index (χ1) is 7.09. The van der Waals surface area contributed by atoms with Crippen molar-refractivity contribution in [2.24, 2.45) is 0 Å². The van der Waals surface area contributed by atoms with Crippen LogP contribution in [0, 0.1) is 4.91 Å². The highest BCUT2D eigenvalue weighted by atomic mass is 32.2. The SMILES string of the molecule is CC(C)OCCC[N+](=O)S(=O)(=O)C(F)(F)F. The van der Waals surface area contributed by atoms with E-state index in [1.165, 1.54) is 0 Å². The summed E-state index contributed by atoms with van der Waals surface area (Å²) in [7, 11) is -5.75. The third kappa shape index (κ3) is 4.44. The molecule has 0 aromatic rings. The van der Waals surface area contributed by atoms with E-state index >= 15 is 0 Å². The van der Waals surface area contributed by atoms with Crippen molar-refractivity contribution in [3.63, 3.8) is 0 Å². The Bertz CT molecular complexity index is 336. The summed E-state index contributed by atoms with van der Waals surface area (Å²) in [5.74, 6) is 0. The third-order valence-corrected chi connectivity index (χ3v) is 2.80. The van der Waals surface area contributed by atoms with Crippen molar-refractivity contribution >= 4 is 10.0 Å². The predicted molar refractivity (Wildman–Crippen MR) is 49.2 cm³/mol. The van der Waals surface area contributed by atoms with Crippen molar-refractivity contribution in [3.05, 3.63) is 4.91 Å². The zero-order valence-electron chi connectivity index (χ0n) is 8.82. The highest BCUT2D eigenvalue weighted by Crippen LogP contribution is 2.24. The summed E-state index contributed by atoms with van der Waals surface area (Å²) >= 11 is 0. The Morgan fingerprint density at radius 3 is 2.19 bits per heavy atom. The van der Waals surface area contributed by atoms with Crippen LogP contribution in [-0.4, -0.2) is 37.3 Å². The van der Waals surface area contributed by atoms with E-state index in [0.717, 1.165) is 0 Å². The Labute approximate surface area is 91.2 Å². The van der Waals surface area contributed by atoms with Crippen molar-refractivity contribution in [1.82, 2.24) is 0 Å². The quantitative estimate of drug-likeness (QED) is 0.538. The van der Waals surface area contributed by atoms with Gasteiger partial charge in [0.2, 0.25) is 6.54 Å². The summed E-state index contributed by atoms with van der Waals surface area (Å²) in [5, 5.41) is 0. The van der Waals surface area contributed by atoms with Gasteiger partial charge in [-0.05, 0) is 13.8 Å². The highest BCUT2D eigenvalue weighted by molar-refractivity contribution is 7.86. The molecule has 0 saturated heterocycles. The largest absolute Gasteiger partial charge is 0.564 e. The normalized spacial score (nSPS) is 13.1. The van der Waals surface area contributed by atoms with Crippen LogP contribution < -0.4 is 0 Å². The zero-order chi connectivity index (χ0) is 13.0. The molecule has 0 amide bonds. The van der Waals surface area contributed by atoms with Crippen LogP contribution in [0.3, 0.4) is 0 Å². The van der Waals surface area contributed by atoms with Crippen LogP contribution in [-0.2, 0) is 14.8 Å². The summed E-state index contributed by atoms with van der Waals surface area (Å²) in [6, 6.07) is 0. The van der Waals surface area contributed by atoms with E-state index in [1.54, 1.807) is 13.8 Å². The van der Waals surface area contributed by atoms with E-state index in [0.29, 0.717) is 0 Å². The second-order valence-corrected chi connectivity index (χ2v) is 5.07. The maximum atomic E-state index is 11.9. The molecule has 0 atom stereocenters. The number of alkyl halides is 3. The zero-order valence-corrected chi connectivity index (χ0v) is 9.64. The molecule has 0 radical (unpaired) electrons. The topological polar surface area (TPSA) is 63.5 Å². The Hall–Kier alpha value is -0.700. The van der Waals surface area contributed by atoms with Crippen molar-refractivity contribution in [2.45, 2.75) is 31.9 Å². The van der Waals surface area contributed by atoms with Gasteiger partial charge in [0.1, 0.15) is 4.17 Å². The second-order valence-electron chi connectivity index (χ2n) is 3.25. The van der Waals surface area contributed by atoms with Gasteiger partial charge in [0, 0.05) is 11.3 Å². The molecule has 0 aromatic carbocycles. The Morgan fingerprint density at radius 1 is 1.31 bits per heavy atom. The second kappa shape index (κ2) is 5.58. The molecule has 5 nitrogen and oxygen atoms in total. The lowest BCUT2D eigenvalue weighted by Gasteiger charge is -2.05. The molecule has 0 spiro atoms. The molecule has 0 aromatic heterocycles. The highest BCUT2D eigenvalue weighted by Gasteiger charge is 2.57. The number of hydrogen-bond donors (Lipinski definition) is 0. The summed E-state index contributed by atoms with van der Waals surface area (Å²) in [4.78, 5) is 10.7. The molecule has 9 heteroatoms. The summed E-state index contributed by atoms with van der Waals surface area (Å²) < 4.78 is 60.6. The molecule has 0 aliphatic heterocycles. The van der Waals surface area contributed by atoms with Gasteiger partial charge in [-0.1, -0.05) is 0 Å². The molecule has 0 aliphatic carbocycles. The van der Waals surface area contributed by atoms with Crippen LogP contribution in [0.5, 0.6) is 0 Å². The average molecular weight is 264 g/mol. The molecule has 0 rings (SSSR count). The van der Waals surface area contributed by atoms with E-state index in [-0.39, 0.29) is 19.1 Å². The summed E-state index contributed by atoms with van der Waals surface area (Å²) in [6.07, 6.45) is -0.212. The van der Waals surface area contributed by atoms with Gasteiger partial charge in [0.05, 0.1) is 12.7 Å². The minimum atomic E-state index is -5.75. The summed E-state index contributed by atoms with van der Waals surface area (Å²) in [6.45, 7) is 2.68. The molecule has 0 saturated carbocycles. The Balaban J connectivity index is 4.19. The van der Waals surface area contributed by atoms with Crippen molar-refractivity contribution < 1.29 is 30.5 Å². The number of ether oxygens (including phenoxy) is 1. The van der Waals surface area contributed by atoms with Crippen molar-refractivity contribution in [1.29, 1.82) is 0 Å². The monoisotopic (exact) mass is 264 g/mol. The van der Waals surface area contributed by atoms with Gasteiger partial charge < -0.3 is 4.74 Å². The standard InChI is InChI=1S/C7H13F3NO4S/c1-6(2)15-5-3-4-11(12)16(13,14)7(8,9)10/h6H,3-5H2,1-2H3/q+1. The molecule has 0 heterocycles. The lowest BCUT2D eigenvalue weighted by molar-refractivity contribution is -0.401. The Morgan fingerprint density at radius 2 is 1.81 bits per heavy atom. The lowest BCUT2D eigenvalue weighted by Crippen LogP contribution is -2.33. The Kier molecular flexibility index (Phi) is 5.33. The molecule has 0 N–H and O–H groups in total. The minimum Gasteiger partial charge on any atom is -0.379 e. The smallest absolute Gasteiger partial charge is 0.379 e. The molecule has 0 bridgehead atoms. The maximum absolute atomic E-state index is 11.9. The molecular weight excluding hydrogens is 251 g/mol. The van der Waals surface area contributed by atoms with Gasteiger partial charge in [-0.3, -0.25) is 0 Å². The van der Waals surface area contributed by atoms with Crippen LogP contribution in [0.15, 0.2) is 0 Å². The van der Waals surface area contributed by atoms with E-state index in [2.05, 4.69) is 0 Å². The van der Waals surface area contributed by atoms with Gasteiger partial charge in [0.25, 0.3) is 0 Å². The van der Waals surface area contributed by atoms with Crippen LogP contribution >= 0.6 is 0 Å². The van der Waals surface area contributed by atoms with Gasteiger partial charge in [-0.2, -0.15) is 21.6 Å². The van der Waals surface area contributed by atoms with Gasteiger partial charge >= 0.3 is 15.5 Å². The van der Waals surface area contributed by atoms with Crippen LogP contribution in [0.2, 0.25) is 0 Å². The van der Waals surface area contributed by atoms with Gasteiger partial charge in [0.15, 0.2) is 0 Å². The van der Waals surface area contributed by atoms with E-state index in [4.69, 9.17) is 4.74 Å². The first kappa shape index (κ1) is 15.3. The number of sulfonamides is 1. The first-order valence-corrected chi connectivity index (χ1v) is 5.90. The van der Waals surface area contributed by atoms with Gasteiger partial charge in [-0.15, -0.1) is 0 Å². The number of halogens is 3. The number of hydrogen-bond acceptors (Lipinski definition) is 4. The van der Waals surface area contributed by atoms with Crippen molar-refractivity contribution in [2.75, 3.05) is 13.2 Å². The number of rotatable bonds is 6. The maximum Gasteiger partial charge on any atom is 0.564 e. The van der Waals surface area contributed by atoms with E-state index in [1.807, 2.05) is 0 Å². The summed E-state index contributed by atoms with van der Waals surface area (Å²) in [5.41, 5.74) is -5.55. The molecule has 0 fully saturated rings. The molecule has 16 heavy (non-hydrogen) atoms. The average Bonchev–Trinajstić information content (AvgIpc) is 2.09. The molecular formula is C7H13F3NO4S+. The molecule has 0 aliphatic rings. The van der Waals surface area contributed by atoms with Crippen LogP contribution in [0.4, 0.5) is 13.2 Å². The third-order valence-electron chi connectivity index (χ3n) is 1.50. The minimum absolute atomic E-state index is 0.0315. The van der Waals surface area contributed by atoms with Crippen molar-refractivity contribution in [3.8, 4) is 0 Å². The fraction of sp³-hybridized carbons (Fsp3) is 1.00. The lowest BCUT2D eigenvalue weighted by atomic mass is 10.4. The number of nitroso groups, excluding NO2 is 1. The first-order valence-electron chi connectivity index (χ1n) is 4.46. The fourth-order valence-electron chi connectivity index (χ4n) is 0.748. The number of nitrogens with zero attached hydrogens (tertiary/aromatic N) is 1.